The molecule has 0 spiro atoms. The summed E-state index contributed by atoms with van der Waals surface area (Å²) in [5.41, 5.74) is 0. The van der Waals surface area contributed by atoms with Crippen LogP contribution in [-0.4, -0.2) is 30.7 Å². The van der Waals surface area contributed by atoms with E-state index in [-0.39, 0.29) is 0 Å². The van der Waals surface area contributed by atoms with Crippen LogP contribution in [0.2, 0.25) is 5.31 Å². The molecule has 1 heterocycles. The van der Waals surface area contributed by atoms with Crippen molar-refractivity contribution < 1.29 is 4.79 Å². The van der Waals surface area contributed by atoms with Crippen molar-refractivity contribution in [3.8, 4) is 0 Å². The van der Waals surface area contributed by atoms with Crippen molar-refractivity contribution in [2.75, 3.05) is 0 Å². The topological polar surface area (TPSA) is 20.3 Å². The van der Waals surface area contributed by atoms with Gasteiger partial charge >= 0.3 is 0 Å². The molecule has 1 amide bonds. The lowest BCUT2D eigenvalue weighted by Crippen LogP contribution is -2.52. The average molecular weight is 305 g/mol. The summed E-state index contributed by atoms with van der Waals surface area (Å²) in [7, 11) is 2.49. The first-order valence-corrected chi connectivity index (χ1v) is 9.55. The third-order valence-corrected chi connectivity index (χ3v) is 6.64. The number of hydrogen-bond donors (Lipinski definition) is 0. The maximum Gasteiger partial charge on any atom is 0.223 e. The molecule has 1 aliphatic carbocycles. The number of hydrogen-bond acceptors (Lipinski definition) is 1. The highest BCUT2D eigenvalue weighted by Gasteiger charge is 2.40. The van der Waals surface area contributed by atoms with E-state index in [0.717, 1.165) is 30.6 Å². The Hall–Kier alpha value is -0.465. The van der Waals surface area contributed by atoms with E-state index in [4.69, 9.17) is 0 Å². The normalized spacial score (nSPS) is 37.7. The lowest BCUT2D eigenvalue weighted by Gasteiger charge is -2.44. The third-order valence-electron chi connectivity index (χ3n) is 6.64. The van der Waals surface area contributed by atoms with Crippen molar-refractivity contribution in [2.45, 2.75) is 97.0 Å². The molecule has 22 heavy (non-hydrogen) atoms. The van der Waals surface area contributed by atoms with Gasteiger partial charge in [-0.1, -0.05) is 45.3 Å². The van der Waals surface area contributed by atoms with Crippen LogP contribution in [0.4, 0.5) is 0 Å². The number of carbonyl (C=O) groups excluding carboxylic acids is 1. The van der Waals surface area contributed by atoms with E-state index in [2.05, 4.69) is 47.4 Å². The van der Waals surface area contributed by atoms with Crippen molar-refractivity contribution in [2.24, 2.45) is 17.8 Å². The van der Waals surface area contributed by atoms with E-state index in [0.29, 0.717) is 23.3 Å². The molecule has 126 valence electrons. The molecule has 0 aromatic rings. The maximum atomic E-state index is 12.4. The van der Waals surface area contributed by atoms with Gasteiger partial charge in [0.2, 0.25) is 5.91 Å². The van der Waals surface area contributed by atoms with Gasteiger partial charge in [0.25, 0.3) is 0 Å². The minimum absolute atomic E-state index is 0.354. The van der Waals surface area contributed by atoms with Crippen LogP contribution in [-0.2, 0) is 4.79 Å². The van der Waals surface area contributed by atoms with Gasteiger partial charge in [-0.3, -0.25) is 4.79 Å². The number of rotatable bonds is 2. The quantitative estimate of drug-likeness (QED) is 0.705. The number of amides is 1. The number of fused-ring (bicyclic) bond motifs is 1. The first-order chi connectivity index (χ1) is 10.2. The molecule has 4 unspecified atom stereocenters. The molecule has 1 saturated heterocycles. The Labute approximate surface area is 138 Å². The Morgan fingerprint density at radius 2 is 1.91 bits per heavy atom. The second-order valence-electron chi connectivity index (χ2n) is 9.01. The summed E-state index contributed by atoms with van der Waals surface area (Å²) in [6.45, 7) is 11.6. The van der Waals surface area contributed by atoms with E-state index in [1.165, 1.54) is 32.1 Å². The molecule has 0 N–H and O–H groups in total. The summed E-state index contributed by atoms with van der Waals surface area (Å²) in [5.74, 6) is 2.65. The number of carbonyl (C=O) groups is 1. The first kappa shape index (κ1) is 17.9. The van der Waals surface area contributed by atoms with Gasteiger partial charge in [-0.25, -0.2) is 0 Å². The summed E-state index contributed by atoms with van der Waals surface area (Å²) < 4.78 is 0. The highest BCUT2D eigenvalue weighted by molar-refractivity contribution is 6.15. The van der Waals surface area contributed by atoms with Crippen molar-refractivity contribution >= 4 is 13.8 Å². The van der Waals surface area contributed by atoms with E-state index < -0.39 is 0 Å². The van der Waals surface area contributed by atoms with Crippen LogP contribution in [0, 0.1) is 17.8 Å². The third kappa shape index (κ3) is 3.71. The zero-order valence-electron chi connectivity index (χ0n) is 15.7. The Morgan fingerprint density at radius 1 is 1.23 bits per heavy atom. The van der Waals surface area contributed by atoms with Crippen LogP contribution < -0.4 is 0 Å². The molecule has 1 saturated carbocycles. The second-order valence-corrected chi connectivity index (χ2v) is 9.01. The van der Waals surface area contributed by atoms with Gasteiger partial charge in [0.1, 0.15) is 7.85 Å². The van der Waals surface area contributed by atoms with Crippen LogP contribution in [0.1, 0.15) is 79.6 Å². The molecule has 4 atom stereocenters. The summed E-state index contributed by atoms with van der Waals surface area (Å²) in [4.78, 5) is 14.7. The van der Waals surface area contributed by atoms with Gasteiger partial charge in [0.15, 0.2) is 0 Å². The SMILES string of the molecule is BC1(C(C)C)CCCC2C(CCC(=O)N2C(C)C)CC(C)C1. The van der Waals surface area contributed by atoms with E-state index in [1.807, 2.05) is 0 Å². The minimum atomic E-state index is 0.354. The van der Waals surface area contributed by atoms with Crippen LogP contribution in [0.25, 0.3) is 0 Å². The first-order valence-electron chi connectivity index (χ1n) is 9.55. The second kappa shape index (κ2) is 6.97. The average Bonchev–Trinajstić information content (AvgIpc) is 2.46. The summed E-state index contributed by atoms with van der Waals surface area (Å²) >= 11 is 0. The predicted octanol–water partition coefficient (Wildman–Crippen LogP) is 4.05. The Balaban J connectivity index is 2.20. The van der Waals surface area contributed by atoms with Crippen LogP contribution in [0.5, 0.6) is 0 Å². The van der Waals surface area contributed by atoms with Crippen LogP contribution in [0.15, 0.2) is 0 Å². The van der Waals surface area contributed by atoms with Gasteiger partial charge in [-0.15, -0.1) is 0 Å². The fourth-order valence-electron chi connectivity index (χ4n) is 5.10. The smallest absolute Gasteiger partial charge is 0.223 e. The lowest BCUT2D eigenvalue weighted by atomic mass is 9.55. The largest absolute Gasteiger partial charge is 0.337 e. The predicted molar refractivity (Wildman–Crippen MR) is 96.8 cm³/mol. The molecule has 2 aliphatic rings. The lowest BCUT2D eigenvalue weighted by molar-refractivity contribution is -0.141. The van der Waals surface area contributed by atoms with Gasteiger partial charge in [0.05, 0.1) is 0 Å². The van der Waals surface area contributed by atoms with E-state index in [1.54, 1.807) is 0 Å². The van der Waals surface area contributed by atoms with E-state index in [9.17, 15) is 4.79 Å². The van der Waals surface area contributed by atoms with Crippen molar-refractivity contribution in [1.29, 1.82) is 0 Å². The van der Waals surface area contributed by atoms with Gasteiger partial charge in [-0.05, 0) is 50.9 Å². The molecular weight excluding hydrogens is 269 g/mol. The van der Waals surface area contributed by atoms with Crippen molar-refractivity contribution in [3.05, 3.63) is 0 Å². The van der Waals surface area contributed by atoms with Crippen LogP contribution >= 0.6 is 0 Å². The Bertz CT molecular complexity index is 395. The zero-order chi connectivity index (χ0) is 16.5. The molecule has 3 heteroatoms. The molecule has 0 aromatic carbocycles. The fourth-order valence-corrected chi connectivity index (χ4v) is 5.10. The molecule has 2 rings (SSSR count). The standard InChI is InChI=1S/C19H36BNO/c1-13(2)19(20)10-6-7-17-16(11-15(5)12-19)8-9-18(22)21(17)14(3)4/h13-17H,6-12,20H2,1-5H3. The number of piperidine rings is 1. The molecule has 1 aliphatic heterocycles. The number of likely N-dealkylation sites (tertiary alicyclic amines) is 1. The monoisotopic (exact) mass is 305 g/mol. The molecule has 2 nitrogen and oxygen atoms in total. The van der Waals surface area contributed by atoms with Gasteiger partial charge in [0, 0.05) is 18.5 Å². The molecular formula is C19H36BNO. The van der Waals surface area contributed by atoms with E-state index >= 15 is 0 Å². The minimum Gasteiger partial charge on any atom is -0.337 e. The maximum absolute atomic E-state index is 12.4. The summed E-state index contributed by atoms with van der Waals surface area (Å²) in [6, 6.07) is 0.853. The number of nitrogens with zero attached hydrogens (tertiary/aromatic N) is 1. The highest BCUT2D eigenvalue weighted by atomic mass is 16.2. The van der Waals surface area contributed by atoms with Crippen LogP contribution in [0.3, 0.4) is 0 Å². The Kier molecular flexibility index (Phi) is 5.66. The van der Waals surface area contributed by atoms with Crippen molar-refractivity contribution in [3.63, 3.8) is 0 Å². The molecule has 0 bridgehead atoms. The highest BCUT2D eigenvalue weighted by Crippen LogP contribution is 2.47. The fraction of sp³-hybridized carbons (Fsp3) is 0.947. The molecule has 0 radical (unpaired) electrons. The Morgan fingerprint density at radius 3 is 2.50 bits per heavy atom. The summed E-state index contributed by atoms with van der Waals surface area (Å²) in [5, 5.41) is 0.472. The van der Waals surface area contributed by atoms with Gasteiger partial charge in [-0.2, -0.15) is 0 Å². The summed E-state index contributed by atoms with van der Waals surface area (Å²) in [6.07, 6.45) is 8.36. The van der Waals surface area contributed by atoms with Gasteiger partial charge < -0.3 is 4.90 Å². The van der Waals surface area contributed by atoms with Crippen molar-refractivity contribution in [1.82, 2.24) is 4.90 Å². The molecule has 0 aromatic heterocycles. The molecule has 2 fully saturated rings. The zero-order valence-corrected chi connectivity index (χ0v) is 15.7.